The number of fused-ring (bicyclic) bond motifs is 2. The lowest BCUT2D eigenvalue weighted by atomic mass is 10.2. The number of aryl methyl sites for hydroxylation is 2. The van der Waals surface area contributed by atoms with Crippen molar-refractivity contribution in [3.8, 4) is 11.5 Å². The fraction of sp³-hybridized carbons (Fsp3) is 0.300. The number of hydrogen-bond donors (Lipinski definition) is 1. The van der Waals surface area contributed by atoms with E-state index in [0.29, 0.717) is 29.0 Å². The van der Waals surface area contributed by atoms with Crippen LogP contribution in [0.1, 0.15) is 6.92 Å². The van der Waals surface area contributed by atoms with Crippen LogP contribution in [-0.4, -0.2) is 43.7 Å². The molecule has 0 spiro atoms. The number of nitrogens with zero attached hydrogens (tertiary/aromatic N) is 3. The smallest absolute Gasteiger partial charge is 0.328 e. The summed E-state index contributed by atoms with van der Waals surface area (Å²) in [6, 6.07) is 7.51. The van der Waals surface area contributed by atoms with Crippen molar-refractivity contribution in [1.29, 1.82) is 0 Å². The zero-order chi connectivity index (χ0) is 22.5. The molecule has 0 bridgehead atoms. The Hall–Kier alpha value is -3.47. The van der Waals surface area contributed by atoms with E-state index in [9.17, 15) is 18.0 Å². The van der Waals surface area contributed by atoms with E-state index in [1.165, 1.54) is 33.3 Å². The van der Waals surface area contributed by atoms with E-state index < -0.39 is 10.0 Å². The molecule has 0 unspecified atom stereocenters. The fourth-order valence-corrected chi connectivity index (χ4v) is 4.75. The Bertz CT molecular complexity index is 1370. The number of anilines is 2. The molecule has 0 saturated heterocycles. The van der Waals surface area contributed by atoms with Crippen molar-refractivity contribution in [2.45, 2.75) is 11.8 Å². The Kier molecular flexibility index (Phi) is 4.92. The second-order valence-electron chi connectivity index (χ2n) is 7.10. The van der Waals surface area contributed by atoms with Gasteiger partial charge < -0.3 is 14.4 Å². The molecule has 0 atom stereocenters. The van der Waals surface area contributed by atoms with Crippen molar-refractivity contribution < 1.29 is 22.7 Å². The maximum absolute atomic E-state index is 13.1. The number of sulfonamides is 1. The molecule has 10 nitrogen and oxygen atoms in total. The number of imidazole rings is 1. The standard InChI is InChI=1S/C20H22N4O6S/c1-5-24-14-7-6-12(8-18(14)30-11-19(24)25)31(27,28)21-13-9-15-16(10-17(13)29-4)23(3)20(26)22(15)2/h6-10,21H,5,11H2,1-4H3. The van der Waals surface area contributed by atoms with E-state index in [-0.39, 0.29) is 34.5 Å². The third-order valence-electron chi connectivity index (χ3n) is 5.34. The zero-order valence-corrected chi connectivity index (χ0v) is 18.3. The molecule has 1 aliphatic rings. The van der Waals surface area contributed by atoms with Gasteiger partial charge in [0, 0.05) is 32.8 Å². The first-order valence-corrected chi connectivity index (χ1v) is 11.0. The van der Waals surface area contributed by atoms with Gasteiger partial charge in [0.1, 0.15) is 11.5 Å². The molecule has 1 N–H and O–H groups in total. The van der Waals surface area contributed by atoms with Gasteiger partial charge >= 0.3 is 5.69 Å². The van der Waals surface area contributed by atoms with Gasteiger partial charge in [-0.3, -0.25) is 18.7 Å². The molecule has 0 saturated carbocycles. The summed E-state index contributed by atoms with van der Waals surface area (Å²) in [5, 5.41) is 0. The number of carbonyl (C=O) groups excluding carboxylic acids is 1. The van der Waals surface area contributed by atoms with Crippen molar-refractivity contribution in [3.05, 3.63) is 40.8 Å². The second kappa shape index (κ2) is 7.34. The predicted molar refractivity (Wildman–Crippen MR) is 115 cm³/mol. The van der Waals surface area contributed by atoms with Crippen molar-refractivity contribution in [1.82, 2.24) is 9.13 Å². The van der Waals surface area contributed by atoms with Gasteiger partial charge in [-0.25, -0.2) is 13.2 Å². The Morgan fingerprint density at radius 1 is 1.10 bits per heavy atom. The summed E-state index contributed by atoms with van der Waals surface area (Å²) >= 11 is 0. The van der Waals surface area contributed by atoms with E-state index in [1.807, 2.05) is 6.92 Å². The fourth-order valence-electron chi connectivity index (χ4n) is 3.68. The highest BCUT2D eigenvalue weighted by Crippen LogP contribution is 2.36. The summed E-state index contributed by atoms with van der Waals surface area (Å²) in [6.45, 7) is 2.13. The molecular formula is C20H22N4O6S. The topological polar surface area (TPSA) is 112 Å². The maximum Gasteiger partial charge on any atom is 0.328 e. The SMILES string of the molecule is CCN1C(=O)COc2cc(S(=O)(=O)Nc3cc4c(cc3OC)n(C)c(=O)n4C)ccc21. The number of methoxy groups -OCH3 is 1. The Morgan fingerprint density at radius 3 is 2.42 bits per heavy atom. The summed E-state index contributed by atoms with van der Waals surface area (Å²) in [5.41, 5.74) is 1.64. The lowest BCUT2D eigenvalue weighted by molar-refractivity contribution is -0.121. The molecule has 3 aromatic rings. The molecule has 1 aliphatic heterocycles. The molecule has 164 valence electrons. The number of likely N-dealkylation sites (N-methyl/N-ethyl adjacent to an activating group) is 1. The molecular weight excluding hydrogens is 424 g/mol. The number of nitrogens with one attached hydrogen (secondary N) is 1. The van der Waals surface area contributed by atoms with E-state index in [1.54, 1.807) is 32.3 Å². The zero-order valence-electron chi connectivity index (χ0n) is 17.5. The van der Waals surface area contributed by atoms with Crippen LogP contribution in [0.15, 0.2) is 40.0 Å². The van der Waals surface area contributed by atoms with Crippen LogP contribution in [0.25, 0.3) is 11.0 Å². The summed E-state index contributed by atoms with van der Waals surface area (Å²) in [4.78, 5) is 25.7. The van der Waals surface area contributed by atoms with Crippen LogP contribution in [0.4, 0.5) is 11.4 Å². The van der Waals surface area contributed by atoms with Crippen molar-refractivity contribution in [3.63, 3.8) is 0 Å². The third-order valence-corrected chi connectivity index (χ3v) is 6.70. The van der Waals surface area contributed by atoms with Gasteiger partial charge in [-0.2, -0.15) is 0 Å². The number of ether oxygens (including phenoxy) is 2. The van der Waals surface area contributed by atoms with Gasteiger partial charge in [-0.05, 0) is 25.1 Å². The van der Waals surface area contributed by atoms with Crippen LogP contribution in [0.2, 0.25) is 0 Å². The summed E-state index contributed by atoms with van der Waals surface area (Å²) in [5.74, 6) is 0.404. The Balaban J connectivity index is 1.76. The number of rotatable bonds is 5. The minimum atomic E-state index is -4.01. The van der Waals surface area contributed by atoms with E-state index in [4.69, 9.17) is 9.47 Å². The van der Waals surface area contributed by atoms with E-state index in [0.717, 1.165) is 0 Å². The first-order valence-electron chi connectivity index (χ1n) is 9.51. The third kappa shape index (κ3) is 3.30. The normalized spacial score (nSPS) is 13.8. The highest BCUT2D eigenvalue weighted by atomic mass is 32.2. The van der Waals surface area contributed by atoms with Crippen LogP contribution in [0, 0.1) is 0 Å². The van der Waals surface area contributed by atoms with Gasteiger partial charge in [0.05, 0.1) is 34.4 Å². The van der Waals surface area contributed by atoms with Crippen molar-refractivity contribution in [2.24, 2.45) is 14.1 Å². The van der Waals surface area contributed by atoms with E-state index >= 15 is 0 Å². The monoisotopic (exact) mass is 446 g/mol. The number of amides is 1. The average molecular weight is 446 g/mol. The molecule has 2 aromatic carbocycles. The van der Waals surface area contributed by atoms with Gasteiger partial charge in [0.25, 0.3) is 15.9 Å². The lowest BCUT2D eigenvalue weighted by Gasteiger charge is -2.28. The van der Waals surface area contributed by atoms with Gasteiger partial charge in [-0.15, -0.1) is 0 Å². The number of benzene rings is 2. The average Bonchev–Trinajstić information content (AvgIpc) is 2.96. The highest BCUT2D eigenvalue weighted by molar-refractivity contribution is 7.92. The van der Waals surface area contributed by atoms with Gasteiger partial charge in [-0.1, -0.05) is 0 Å². The van der Waals surface area contributed by atoms with Crippen LogP contribution >= 0.6 is 0 Å². The summed E-state index contributed by atoms with van der Waals surface area (Å²) in [7, 11) is 0.649. The summed E-state index contributed by atoms with van der Waals surface area (Å²) < 4.78 is 42.4. The Morgan fingerprint density at radius 2 is 1.77 bits per heavy atom. The lowest BCUT2D eigenvalue weighted by Crippen LogP contribution is -2.38. The highest BCUT2D eigenvalue weighted by Gasteiger charge is 2.27. The first kappa shape index (κ1) is 20.8. The maximum atomic E-state index is 13.1. The number of aromatic nitrogens is 2. The van der Waals surface area contributed by atoms with Crippen LogP contribution in [0.3, 0.4) is 0 Å². The van der Waals surface area contributed by atoms with Crippen LogP contribution in [0.5, 0.6) is 11.5 Å². The van der Waals surface area contributed by atoms with Crippen molar-refractivity contribution >= 4 is 38.3 Å². The molecule has 0 radical (unpaired) electrons. The molecule has 0 aliphatic carbocycles. The largest absolute Gasteiger partial charge is 0.494 e. The number of hydrogen-bond acceptors (Lipinski definition) is 6. The quantitative estimate of drug-likeness (QED) is 0.635. The predicted octanol–water partition coefficient (Wildman–Crippen LogP) is 1.43. The van der Waals surface area contributed by atoms with Crippen LogP contribution < -0.4 is 24.8 Å². The molecule has 0 fully saturated rings. The Labute approximate surface area is 178 Å². The summed E-state index contributed by atoms with van der Waals surface area (Å²) in [6.07, 6.45) is 0. The van der Waals surface area contributed by atoms with E-state index in [2.05, 4.69) is 4.72 Å². The molecule has 31 heavy (non-hydrogen) atoms. The second-order valence-corrected chi connectivity index (χ2v) is 8.79. The molecule has 11 heteroatoms. The van der Waals surface area contributed by atoms with Crippen molar-refractivity contribution in [2.75, 3.05) is 29.9 Å². The molecule has 4 rings (SSSR count). The van der Waals surface area contributed by atoms with Gasteiger partial charge in [0.15, 0.2) is 6.61 Å². The minimum absolute atomic E-state index is 0.0271. The van der Waals surface area contributed by atoms with Gasteiger partial charge in [0.2, 0.25) is 0 Å². The first-order chi connectivity index (χ1) is 14.7. The molecule has 1 aromatic heterocycles. The number of carbonyl (C=O) groups is 1. The molecule has 1 amide bonds. The van der Waals surface area contributed by atoms with Crippen LogP contribution in [-0.2, 0) is 28.9 Å². The minimum Gasteiger partial charge on any atom is -0.494 e. The molecule has 2 heterocycles.